The highest BCUT2D eigenvalue weighted by atomic mass is 16.3. The summed E-state index contributed by atoms with van der Waals surface area (Å²) in [7, 11) is 0. The summed E-state index contributed by atoms with van der Waals surface area (Å²) in [6.07, 6.45) is 0.502. The van der Waals surface area contributed by atoms with E-state index in [4.69, 9.17) is 0 Å². The molecule has 0 saturated heterocycles. The van der Waals surface area contributed by atoms with Gasteiger partial charge in [-0.3, -0.25) is 4.99 Å². The standard InChI is InChI=1S/C11H14N2O/c14-10-7-12-11(13-8-10)6-9-4-2-1-3-5-9/h1-5,10,14H,6-8H2,(H,12,13). The van der Waals surface area contributed by atoms with Crippen molar-refractivity contribution in [3.05, 3.63) is 35.9 Å². The van der Waals surface area contributed by atoms with Crippen LogP contribution in [0.5, 0.6) is 0 Å². The summed E-state index contributed by atoms with van der Waals surface area (Å²) < 4.78 is 0. The van der Waals surface area contributed by atoms with Gasteiger partial charge in [0.15, 0.2) is 0 Å². The quantitative estimate of drug-likeness (QED) is 0.717. The minimum atomic E-state index is -0.325. The number of aliphatic hydroxyl groups excluding tert-OH is 1. The van der Waals surface area contributed by atoms with Crippen molar-refractivity contribution in [2.45, 2.75) is 12.5 Å². The van der Waals surface area contributed by atoms with E-state index >= 15 is 0 Å². The molecule has 2 N–H and O–H groups in total. The van der Waals surface area contributed by atoms with Gasteiger partial charge >= 0.3 is 0 Å². The van der Waals surface area contributed by atoms with Crippen LogP contribution in [-0.4, -0.2) is 30.1 Å². The van der Waals surface area contributed by atoms with Crippen molar-refractivity contribution in [3.8, 4) is 0 Å². The van der Waals surface area contributed by atoms with Crippen LogP contribution in [-0.2, 0) is 6.42 Å². The van der Waals surface area contributed by atoms with E-state index in [1.165, 1.54) is 5.56 Å². The molecule has 0 amide bonds. The summed E-state index contributed by atoms with van der Waals surface area (Å²) in [4.78, 5) is 4.26. The molecule has 1 aromatic rings. The number of nitrogens with zero attached hydrogens (tertiary/aromatic N) is 1. The summed E-state index contributed by atoms with van der Waals surface area (Å²) in [6.45, 7) is 1.14. The van der Waals surface area contributed by atoms with E-state index in [0.717, 1.165) is 12.3 Å². The highest BCUT2D eigenvalue weighted by Crippen LogP contribution is 2.02. The zero-order valence-electron chi connectivity index (χ0n) is 7.98. The summed E-state index contributed by atoms with van der Waals surface area (Å²) in [5.41, 5.74) is 1.25. The van der Waals surface area contributed by atoms with Crippen LogP contribution >= 0.6 is 0 Å². The van der Waals surface area contributed by atoms with Gasteiger partial charge in [0.1, 0.15) is 5.84 Å². The van der Waals surface area contributed by atoms with Crippen molar-refractivity contribution >= 4 is 5.84 Å². The third-order valence-corrected chi connectivity index (χ3v) is 2.25. The van der Waals surface area contributed by atoms with Crippen LogP contribution in [0.3, 0.4) is 0 Å². The van der Waals surface area contributed by atoms with E-state index in [0.29, 0.717) is 13.1 Å². The van der Waals surface area contributed by atoms with Crippen molar-refractivity contribution in [3.63, 3.8) is 0 Å². The average molecular weight is 190 g/mol. The fourth-order valence-corrected chi connectivity index (χ4v) is 1.48. The number of amidine groups is 1. The van der Waals surface area contributed by atoms with Crippen LogP contribution in [0.1, 0.15) is 5.56 Å². The lowest BCUT2D eigenvalue weighted by Gasteiger charge is -2.18. The molecule has 0 aliphatic carbocycles. The van der Waals surface area contributed by atoms with E-state index in [1.54, 1.807) is 0 Å². The number of hydrogen-bond acceptors (Lipinski definition) is 3. The van der Waals surface area contributed by atoms with Crippen LogP contribution in [0.2, 0.25) is 0 Å². The van der Waals surface area contributed by atoms with Crippen LogP contribution < -0.4 is 5.32 Å². The molecule has 1 atom stereocenters. The topological polar surface area (TPSA) is 44.6 Å². The zero-order chi connectivity index (χ0) is 9.80. The number of nitrogens with one attached hydrogen (secondary N) is 1. The largest absolute Gasteiger partial charge is 0.389 e. The van der Waals surface area contributed by atoms with Crippen molar-refractivity contribution in [2.24, 2.45) is 4.99 Å². The average Bonchev–Trinajstić information content (AvgIpc) is 2.23. The molecule has 0 bridgehead atoms. The first-order valence-corrected chi connectivity index (χ1v) is 4.84. The van der Waals surface area contributed by atoms with Crippen molar-refractivity contribution in [1.82, 2.24) is 5.32 Å². The zero-order valence-corrected chi connectivity index (χ0v) is 7.98. The first kappa shape index (κ1) is 9.21. The van der Waals surface area contributed by atoms with Gasteiger partial charge in [-0.1, -0.05) is 30.3 Å². The summed E-state index contributed by atoms with van der Waals surface area (Å²) in [5, 5.41) is 12.3. The molecule has 1 aliphatic heterocycles. The number of rotatable bonds is 2. The van der Waals surface area contributed by atoms with Gasteiger partial charge in [0.2, 0.25) is 0 Å². The molecule has 3 heteroatoms. The summed E-state index contributed by atoms with van der Waals surface area (Å²) in [6, 6.07) is 10.2. The second kappa shape index (κ2) is 4.24. The molecule has 2 rings (SSSR count). The molecule has 74 valence electrons. The number of aliphatic imine (C=N–C) groups is 1. The monoisotopic (exact) mass is 190 g/mol. The summed E-state index contributed by atoms with van der Waals surface area (Å²) in [5.74, 6) is 0.974. The first-order chi connectivity index (χ1) is 6.84. The van der Waals surface area contributed by atoms with Gasteiger partial charge in [0, 0.05) is 13.0 Å². The second-order valence-corrected chi connectivity index (χ2v) is 3.48. The highest BCUT2D eigenvalue weighted by Gasteiger charge is 2.11. The van der Waals surface area contributed by atoms with Crippen LogP contribution in [0.4, 0.5) is 0 Å². The van der Waals surface area contributed by atoms with Gasteiger partial charge in [-0.2, -0.15) is 0 Å². The maximum atomic E-state index is 9.22. The van der Waals surface area contributed by atoms with Gasteiger partial charge in [-0.25, -0.2) is 0 Å². The molecule has 3 nitrogen and oxygen atoms in total. The van der Waals surface area contributed by atoms with Gasteiger partial charge in [0.05, 0.1) is 12.6 Å². The molecule has 0 fully saturated rings. The molecule has 14 heavy (non-hydrogen) atoms. The third-order valence-electron chi connectivity index (χ3n) is 2.25. The Morgan fingerprint density at radius 1 is 1.36 bits per heavy atom. The van der Waals surface area contributed by atoms with E-state index in [-0.39, 0.29) is 6.10 Å². The van der Waals surface area contributed by atoms with Crippen molar-refractivity contribution in [1.29, 1.82) is 0 Å². The minimum Gasteiger partial charge on any atom is -0.389 e. The van der Waals surface area contributed by atoms with Crippen molar-refractivity contribution in [2.75, 3.05) is 13.1 Å². The van der Waals surface area contributed by atoms with E-state index < -0.39 is 0 Å². The third kappa shape index (κ3) is 2.33. The normalized spacial score (nSPS) is 21.2. The smallest absolute Gasteiger partial charge is 0.101 e. The Morgan fingerprint density at radius 2 is 2.14 bits per heavy atom. The maximum Gasteiger partial charge on any atom is 0.101 e. The number of β-amino-alcohol motifs (C(OH)–C–C–N with tert-alkyl or cyclic N) is 1. The number of benzene rings is 1. The van der Waals surface area contributed by atoms with E-state index in [2.05, 4.69) is 22.4 Å². The Kier molecular flexibility index (Phi) is 2.79. The minimum absolute atomic E-state index is 0.325. The van der Waals surface area contributed by atoms with E-state index in [1.807, 2.05) is 18.2 Å². The number of aliphatic hydroxyl groups is 1. The molecular formula is C11H14N2O. The Morgan fingerprint density at radius 3 is 2.79 bits per heavy atom. The predicted molar refractivity (Wildman–Crippen MR) is 56.5 cm³/mol. The Bertz CT molecular complexity index is 321. The number of hydrogen-bond donors (Lipinski definition) is 2. The van der Waals surface area contributed by atoms with Gasteiger partial charge in [-0.05, 0) is 5.56 Å². The van der Waals surface area contributed by atoms with Crippen LogP contribution in [0.25, 0.3) is 0 Å². The van der Waals surface area contributed by atoms with Crippen LogP contribution in [0, 0.1) is 0 Å². The first-order valence-electron chi connectivity index (χ1n) is 4.84. The van der Waals surface area contributed by atoms with Gasteiger partial charge in [-0.15, -0.1) is 0 Å². The van der Waals surface area contributed by atoms with Gasteiger partial charge in [0.25, 0.3) is 0 Å². The highest BCUT2D eigenvalue weighted by molar-refractivity contribution is 5.84. The molecule has 0 aromatic heterocycles. The molecule has 1 unspecified atom stereocenters. The molecule has 1 aliphatic rings. The van der Waals surface area contributed by atoms with Crippen LogP contribution in [0.15, 0.2) is 35.3 Å². The molecule has 0 saturated carbocycles. The Labute approximate surface area is 83.5 Å². The van der Waals surface area contributed by atoms with Gasteiger partial charge < -0.3 is 10.4 Å². The fraction of sp³-hybridized carbons (Fsp3) is 0.364. The fourth-order valence-electron chi connectivity index (χ4n) is 1.48. The maximum absolute atomic E-state index is 9.22. The van der Waals surface area contributed by atoms with Crippen molar-refractivity contribution < 1.29 is 5.11 Å². The molecular weight excluding hydrogens is 176 g/mol. The Hall–Kier alpha value is -1.35. The lowest BCUT2D eigenvalue weighted by Crippen LogP contribution is -2.39. The SMILES string of the molecule is OC1CN=C(Cc2ccccc2)NC1. The predicted octanol–water partition coefficient (Wildman–Crippen LogP) is 0.592. The lowest BCUT2D eigenvalue weighted by molar-refractivity contribution is 0.181. The molecule has 1 aromatic carbocycles. The molecule has 1 heterocycles. The Balaban J connectivity index is 1.99. The lowest BCUT2D eigenvalue weighted by atomic mass is 10.1. The molecule has 0 radical (unpaired) electrons. The molecule has 0 spiro atoms. The summed E-state index contributed by atoms with van der Waals surface area (Å²) >= 11 is 0. The second-order valence-electron chi connectivity index (χ2n) is 3.48. The van der Waals surface area contributed by atoms with E-state index in [9.17, 15) is 5.11 Å².